The van der Waals surface area contributed by atoms with Gasteiger partial charge in [0.05, 0.1) is 12.1 Å². The molecule has 0 spiro atoms. The van der Waals surface area contributed by atoms with Gasteiger partial charge in [-0.15, -0.1) is 10.2 Å². The van der Waals surface area contributed by atoms with E-state index in [1.807, 2.05) is 39.3 Å². The number of hydroxylamine groups is 1. The Kier molecular flexibility index (Phi) is 3.23. The Hall–Kier alpha value is -0.940. The first-order valence-electron chi connectivity index (χ1n) is 4.66. The number of hydrogen-bond donors (Lipinski definition) is 1. The van der Waals surface area contributed by atoms with E-state index in [-0.39, 0.29) is 5.60 Å². The minimum Gasteiger partial charge on any atom is -0.317 e. The highest BCUT2D eigenvalue weighted by atomic mass is 16.7. The van der Waals surface area contributed by atoms with Crippen LogP contribution in [0, 0.1) is 6.92 Å². The summed E-state index contributed by atoms with van der Waals surface area (Å²) in [5, 5.41) is 7.95. The third kappa shape index (κ3) is 3.08. The lowest BCUT2D eigenvalue weighted by Crippen LogP contribution is -2.29. The number of aromatic nitrogens is 3. The maximum absolute atomic E-state index is 5.37. The van der Waals surface area contributed by atoms with Crippen molar-refractivity contribution in [2.24, 2.45) is 7.05 Å². The fourth-order valence-corrected chi connectivity index (χ4v) is 0.922. The predicted octanol–water partition coefficient (Wildman–Crippen LogP) is 0.943. The third-order valence-electron chi connectivity index (χ3n) is 1.79. The van der Waals surface area contributed by atoms with Gasteiger partial charge in [0.2, 0.25) is 0 Å². The van der Waals surface area contributed by atoms with E-state index in [0.717, 1.165) is 11.6 Å². The second-order valence-electron chi connectivity index (χ2n) is 4.26. The second kappa shape index (κ2) is 4.06. The number of nitrogens with zero attached hydrogens (tertiary/aromatic N) is 3. The minimum absolute atomic E-state index is 0.187. The van der Waals surface area contributed by atoms with Crippen LogP contribution in [-0.2, 0) is 18.4 Å². The van der Waals surface area contributed by atoms with Crippen molar-refractivity contribution in [3.63, 3.8) is 0 Å². The van der Waals surface area contributed by atoms with Gasteiger partial charge in [-0.2, -0.15) is 5.48 Å². The summed E-state index contributed by atoms with van der Waals surface area (Å²) >= 11 is 0. The second-order valence-corrected chi connectivity index (χ2v) is 4.26. The Morgan fingerprint density at radius 1 is 1.36 bits per heavy atom. The molecule has 1 aromatic heterocycles. The maximum Gasteiger partial charge on any atom is 0.149 e. The van der Waals surface area contributed by atoms with Gasteiger partial charge in [0.25, 0.3) is 0 Å². The SMILES string of the molecule is Cc1nnc(CNOC(C)(C)C)n1C. The summed E-state index contributed by atoms with van der Waals surface area (Å²) in [6, 6.07) is 0. The fraction of sp³-hybridized carbons (Fsp3) is 0.778. The summed E-state index contributed by atoms with van der Waals surface area (Å²) in [5.74, 6) is 1.77. The average Bonchev–Trinajstić information content (AvgIpc) is 2.33. The molecule has 0 aliphatic rings. The molecule has 1 heterocycles. The van der Waals surface area contributed by atoms with Crippen LogP contribution in [0.25, 0.3) is 0 Å². The number of rotatable bonds is 3. The Labute approximate surface area is 84.4 Å². The molecule has 0 fully saturated rings. The molecule has 0 aromatic carbocycles. The Bertz CT molecular complexity index is 300. The normalized spacial score (nSPS) is 12.1. The van der Waals surface area contributed by atoms with Gasteiger partial charge in [-0.25, -0.2) is 0 Å². The largest absolute Gasteiger partial charge is 0.317 e. The first-order valence-corrected chi connectivity index (χ1v) is 4.66. The monoisotopic (exact) mass is 198 g/mol. The van der Waals surface area contributed by atoms with Gasteiger partial charge >= 0.3 is 0 Å². The first kappa shape index (κ1) is 11.1. The molecule has 14 heavy (non-hydrogen) atoms. The number of aryl methyl sites for hydroxylation is 1. The van der Waals surface area contributed by atoms with Crippen LogP contribution in [-0.4, -0.2) is 20.4 Å². The highest BCUT2D eigenvalue weighted by Crippen LogP contribution is 2.04. The van der Waals surface area contributed by atoms with Crippen LogP contribution in [0.2, 0.25) is 0 Å². The average molecular weight is 198 g/mol. The smallest absolute Gasteiger partial charge is 0.149 e. The van der Waals surface area contributed by atoms with Crippen LogP contribution in [0.3, 0.4) is 0 Å². The van der Waals surface area contributed by atoms with Gasteiger partial charge < -0.3 is 4.57 Å². The highest BCUT2D eigenvalue weighted by molar-refractivity contribution is 4.91. The Morgan fingerprint density at radius 2 is 2.00 bits per heavy atom. The number of nitrogens with one attached hydrogen (secondary N) is 1. The van der Waals surface area contributed by atoms with Crippen LogP contribution in [0.5, 0.6) is 0 Å². The molecule has 80 valence electrons. The minimum atomic E-state index is -0.187. The highest BCUT2D eigenvalue weighted by Gasteiger charge is 2.11. The molecule has 1 aromatic rings. The molecule has 5 nitrogen and oxygen atoms in total. The molecule has 0 unspecified atom stereocenters. The molecule has 0 saturated carbocycles. The zero-order chi connectivity index (χ0) is 10.8. The van der Waals surface area contributed by atoms with Crippen molar-refractivity contribution in [3.8, 4) is 0 Å². The first-order chi connectivity index (χ1) is 6.40. The fourth-order valence-electron chi connectivity index (χ4n) is 0.922. The summed E-state index contributed by atoms with van der Waals surface area (Å²) in [6.45, 7) is 8.45. The van der Waals surface area contributed by atoms with Gasteiger partial charge in [0.15, 0.2) is 0 Å². The van der Waals surface area contributed by atoms with Crippen molar-refractivity contribution in [2.75, 3.05) is 0 Å². The van der Waals surface area contributed by atoms with Crippen molar-refractivity contribution in [2.45, 2.75) is 39.8 Å². The maximum atomic E-state index is 5.37. The molecular weight excluding hydrogens is 180 g/mol. The zero-order valence-corrected chi connectivity index (χ0v) is 9.46. The van der Waals surface area contributed by atoms with Crippen LogP contribution in [0.4, 0.5) is 0 Å². The van der Waals surface area contributed by atoms with Crippen molar-refractivity contribution in [1.29, 1.82) is 0 Å². The molecule has 0 aliphatic heterocycles. The molecule has 0 atom stereocenters. The van der Waals surface area contributed by atoms with E-state index in [9.17, 15) is 0 Å². The van der Waals surface area contributed by atoms with Crippen LogP contribution in [0.15, 0.2) is 0 Å². The van der Waals surface area contributed by atoms with Gasteiger partial charge in [-0.3, -0.25) is 4.84 Å². The van der Waals surface area contributed by atoms with E-state index in [1.54, 1.807) is 0 Å². The zero-order valence-electron chi connectivity index (χ0n) is 9.46. The summed E-state index contributed by atoms with van der Waals surface area (Å²) in [5.41, 5.74) is 2.69. The molecular formula is C9H18N4O. The van der Waals surface area contributed by atoms with Crippen LogP contribution >= 0.6 is 0 Å². The van der Waals surface area contributed by atoms with Crippen LogP contribution < -0.4 is 5.48 Å². The van der Waals surface area contributed by atoms with E-state index in [2.05, 4.69) is 15.7 Å². The summed E-state index contributed by atoms with van der Waals surface area (Å²) in [6.07, 6.45) is 0. The molecule has 0 amide bonds. The Morgan fingerprint density at radius 3 is 2.43 bits per heavy atom. The molecule has 0 bridgehead atoms. The van der Waals surface area contributed by atoms with E-state index >= 15 is 0 Å². The van der Waals surface area contributed by atoms with Crippen molar-refractivity contribution >= 4 is 0 Å². The van der Waals surface area contributed by atoms with E-state index in [4.69, 9.17) is 4.84 Å². The van der Waals surface area contributed by atoms with Crippen molar-refractivity contribution in [1.82, 2.24) is 20.2 Å². The molecule has 1 rings (SSSR count). The molecule has 5 heteroatoms. The van der Waals surface area contributed by atoms with Gasteiger partial charge in [-0.1, -0.05) is 0 Å². The molecule has 1 N–H and O–H groups in total. The molecule has 0 saturated heterocycles. The lowest BCUT2D eigenvalue weighted by molar-refractivity contribution is -0.0768. The van der Waals surface area contributed by atoms with E-state index in [0.29, 0.717) is 6.54 Å². The van der Waals surface area contributed by atoms with Gasteiger partial charge in [-0.05, 0) is 27.7 Å². The lowest BCUT2D eigenvalue weighted by Gasteiger charge is -2.18. The van der Waals surface area contributed by atoms with Gasteiger partial charge in [0.1, 0.15) is 11.6 Å². The topological polar surface area (TPSA) is 52.0 Å². The Balaban J connectivity index is 2.43. The summed E-state index contributed by atoms with van der Waals surface area (Å²) in [7, 11) is 1.93. The number of hydrogen-bond acceptors (Lipinski definition) is 4. The van der Waals surface area contributed by atoms with Gasteiger partial charge in [0, 0.05) is 7.05 Å². The quantitative estimate of drug-likeness (QED) is 0.734. The molecule has 0 radical (unpaired) electrons. The van der Waals surface area contributed by atoms with Crippen LogP contribution in [0.1, 0.15) is 32.4 Å². The van der Waals surface area contributed by atoms with E-state index in [1.165, 1.54) is 0 Å². The van der Waals surface area contributed by atoms with E-state index < -0.39 is 0 Å². The summed E-state index contributed by atoms with van der Waals surface area (Å²) < 4.78 is 1.93. The summed E-state index contributed by atoms with van der Waals surface area (Å²) in [4.78, 5) is 5.37. The standard InChI is InChI=1S/C9H18N4O/c1-7-11-12-8(13(7)5)6-10-14-9(2,3)4/h10H,6H2,1-5H3. The predicted molar refractivity (Wildman–Crippen MR) is 53.4 cm³/mol. The third-order valence-corrected chi connectivity index (χ3v) is 1.79. The van der Waals surface area contributed by atoms with Crippen molar-refractivity contribution in [3.05, 3.63) is 11.6 Å². The lowest BCUT2D eigenvalue weighted by atomic mass is 10.2. The molecule has 0 aliphatic carbocycles. The van der Waals surface area contributed by atoms with Crippen molar-refractivity contribution < 1.29 is 4.84 Å².